The fourth-order valence-corrected chi connectivity index (χ4v) is 3.59. The van der Waals surface area contributed by atoms with Gasteiger partial charge >= 0.3 is 0 Å². The van der Waals surface area contributed by atoms with E-state index in [4.69, 9.17) is 0 Å². The maximum atomic E-state index is 12.5. The van der Waals surface area contributed by atoms with Gasteiger partial charge in [0.1, 0.15) is 0 Å². The lowest BCUT2D eigenvalue weighted by atomic mass is 10.1. The van der Waals surface area contributed by atoms with E-state index in [1.807, 2.05) is 6.92 Å². The van der Waals surface area contributed by atoms with Crippen LogP contribution in [-0.4, -0.2) is 25.8 Å². The van der Waals surface area contributed by atoms with Crippen molar-refractivity contribution in [1.29, 1.82) is 0 Å². The highest BCUT2D eigenvalue weighted by Gasteiger charge is 2.19. The minimum Gasteiger partial charge on any atom is -0.322 e. The average Bonchev–Trinajstić information content (AvgIpc) is 2.62. The van der Waals surface area contributed by atoms with Crippen LogP contribution in [0.1, 0.15) is 35.7 Å². The van der Waals surface area contributed by atoms with E-state index in [0.717, 1.165) is 12.8 Å². The Hall–Kier alpha value is -2.78. The van der Waals surface area contributed by atoms with E-state index < -0.39 is 20.9 Å². The van der Waals surface area contributed by atoms with E-state index in [1.54, 1.807) is 6.07 Å². The summed E-state index contributed by atoms with van der Waals surface area (Å²) in [4.78, 5) is 23.0. The molecule has 0 aliphatic heterocycles. The van der Waals surface area contributed by atoms with Gasteiger partial charge in [-0.1, -0.05) is 25.5 Å². The average molecular weight is 391 g/mol. The molecule has 2 N–H and O–H groups in total. The van der Waals surface area contributed by atoms with Crippen LogP contribution in [0.15, 0.2) is 47.4 Å². The van der Waals surface area contributed by atoms with Gasteiger partial charge in [-0.15, -0.1) is 0 Å². The summed E-state index contributed by atoms with van der Waals surface area (Å²) in [6, 6.07) is 10.1. The van der Waals surface area contributed by atoms with E-state index in [-0.39, 0.29) is 27.4 Å². The van der Waals surface area contributed by atoms with Crippen molar-refractivity contribution in [2.45, 2.75) is 31.6 Å². The number of nitro groups is 1. The Balaban J connectivity index is 2.23. The van der Waals surface area contributed by atoms with Gasteiger partial charge in [0.25, 0.3) is 11.6 Å². The first-order valence-corrected chi connectivity index (χ1v) is 9.89. The van der Waals surface area contributed by atoms with Gasteiger partial charge < -0.3 is 5.32 Å². The lowest BCUT2D eigenvalue weighted by Gasteiger charge is -2.10. The van der Waals surface area contributed by atoms with Crippen molar-refractivity contribution in [2.75, 3.05) is 11.9 Å². The molecule has 9 heteroatoms. The zero-order valence-electron chi connectivity index (χ0n) is 15.1. The van der Waals surface area contributed by atoms with Gasteiger partial charge in [-0.3, -0.25) is 14.9 Å². The molecule has 144 valence electrons. The minimum atomic E-state index is -3.67. The van der Waals surface area contributed by atoms with Crippen molar-refractivity contribution in [2.24, 2.45) is 0 Å². The number of unbranched alkanes of at least 4 members (excludes halogenated alkanes) is 1. The molecule has 1 amide bonds. The molecule has 0 bridgehead atoms. The lowest BCUT2D eigenvalue weighted by molar-refractivity contribution is -0.385. The second-order valence-electron chi connectivity index (χ2n) is 5.94. The van der Waals surface area contributed by atoms with Gasteiger partial charge in [-0.25, -0.2) is 13.1 Å². The number of nitrogens with zero attached hydrogens (tertiary/aromatic N) is 1. The molecule has 0 spiro atoms. The molecule has 0 saturated carbocycles. The van der Waals surface area contributed by atoms with Crippen LogP contribution < -0.4 is 10.0 Å². The monoisotopic (exact) mass is 391 g/mol. The first-order valence-electron chi connectivity index (χ1n) is 8.41. The summed E-state index contributed by atoms with van der Waals surface area (Å²) in [5.41, 5.74) is 0.520. The first kappa shape index (κ1) is 20.5. The molecule has 2 aromatic rings. The van der Waals surface area contributed by atoms with Crippen molar-refractivity contribution in [3.05, 3.63) is 63.7 Å². The molecule has 0 saturated heterocycles. The maximum Gasteiger partial charge on any atom is 0.273 e. The van der Waals surface area contributed by atoms with E-state index in [0.29, 0.717) is 6.54 Å². The number of amides is 1. The molecule has 0 aliphatic carbocycles. The Morgan fingerprint density at radius 1 is 1.19 bits per heavy atom. The molecule has 2 rings (SSSR count). The number of hydrogen-bond acceptors (Lipinski definition) is 5. The fourth-order valence-electron chi connectivity index (χ4n) is 2.47. The highest BCUT2D eigenvalue weighted by Crippen LogP contribution is 2.23. The predicted octanol–water partition coefficient (Wildman–Crippen LogP) is 3.23. The van der Waals surface area contributed by atoms with Crippen molar-refractivity contribution < 1.29 is 18.1 Å². The molecule has 0 heterocycles. The lowest BCUT2D eigenvalue weighted by Crippen LogP contribution is -2.24. The van der Waals surface area contributed by atoms with E-state index in [9.17, 15) is 23.3 Å². The molecule has 0 radical (unpaired) electrons. The van der Waals surface area contributed by atoms with Gasteiger partial charge in [-0.05, 0) is 37.6 Å². The Morgan fingerprint density at radius 2 is 1.89 bits per heavy atom. The summed E-state index contributed by atoms with van der Waals surface area (Å²) in [5, 5.41) is 13.6. The molecule has 27 heavy (non-hydrogen) atoms. The Labute approximate surface area is 157 Å². The molecular formula is C18H21N3O5S. The third-order valence-corrected chi connectivity index (χ3v) is 5.43. The van der Waals surface area contributed by atoms with Crippen LogP contribution in [0.3, 0.4) is 0 Å². The second kappa shape index (κ2) is 8.74. The number of carbonyl (C=O) groups excluding carboxylic acids is 1. The van der Waals surface area contributed by atoms with E-state index in [2.05, 4.69) is 10.0 Å². The highest BCUT2D eigenvalue weighted by atomic mass is 32.2. The number of benzene rings is 2. The third-order valence-electron chi connectivity index (χ3n) is 3.97. The van der Waals surface area contributed by atoms with Gasteiger partial charge in [0.15, 0.2) is 0 Å². The standard InChI is InChI=1S/C18H21N3O5S/c1-3-4-11-19-27(25,26)15-8-5-7-14(12-15)20-18(22)16-9-6-10-17(13(16)2)21(23)24/h5-10,12,19H,3-4,11H2,1-2H3,(H,20,22). The van der Waals surface area contributed by atoms with Gasteiger partial charge in [0.2, 0.25) is 10.0 Å². The van der Waals surface area contributed by atoms with Crippen LogP contribution >= 0.6 is 0 Å². The summed E-state index contributed by atoms with van der Waals surface area (Å²) in [5.74, 6) is -0.551. The number of nitrogens with one attached hydrogen (secondary N) is 2. The SMILES string of the molecule is CCCCNS(=O)(=O)c1cccc(NC(=O)c2cccc([N+](=O)[O-])c2C)c1. The maximum absolute atomic E-state index is 12.5. The predicted molar refractivity (Wildman–Crippen MR) is 102 cm³/mol. The van der Waals surface area contributed by atoms with Crippen molar-refractivity contribution in [1.82, 2.24) is 4.72 Å². The third kappa shape index (κ3) is 5.11. The summed E-state index contributed by atoms with van der Waals surface area (Å²) in [7, 11) is -3.67. The number of carbonyl (C=O) groups is 1. The minimum absolute atomic E-state index is 0.0344. The highest BCUT2D eigenvalue weighted by molar-refractivity contribution is 7.89. The molecule has 0 aromatic heterocycles. The van der Waals surface area contributed by atoms with Gasteiger partial charge in [0.05, 0.1) is 9.82 Å². The van der Waals surface area contributed by atoms with Crippen molar-refractivity contribution in [3.8, 4) is 0 Å². The smallest absolute Gasteiger partial charge is 0.273 e. The second-order valence-corrected chi connectivity index (χ2v) is 7.71. The topological polar surface area (TPSA) is 118 Å². The number of anilines is 1. The molecule has 0 aliphatic rings. The van der Waals surface area contributed by atoms with Crippen LogP contribution in [0.25, 0.3) is 0 Å². The molecule has 8 nitrogen and oxygen atoms in total. The number of nitro benzene ring substituents is 1. The normalized spacial score (nSPS) is 11.2. The Morgan fingerprint density at radius 3 is 2.56 bits per heavy atom. The molecule has 0 unspecified atom stereocenters. The molecule has 0 atom stereocenters. The van der Waals surface area contributed by atoms with Crippen LogP contribution in [0.4, 0.5) is 11.4 Å². The van der Waals surface area contributed by atoms with Crippen molar-refractivity contribution >= 4 is 27.3 Å². The van der Waals surface area contributed by atoms with Gasteiger partial charge in [0, 0.05) is 29.4 Å². The first-order chi connectivity index (χ1) is 12.8. The van der Waals surface area contributed by atoms with Crippen molar-refractivity contribution in [3.63, 3.8) is 0 Å². The fraction of sp³-hybridized carbons (Fsp3) is 0.278. The largest absolute Gasteiger partial charge is 0.322 e. The summed E-state index contributed by atoms with van der Waals surface area (Å²) >= 11 is 0. The Bertz CT molecular complexity index is 957. The quantitative estimate of drug-likeness (QED) is 0.407. The number of sulfonamides is 1. The number of rotatable bonds is 8. The van der Waals surface area contributed by atoms with E-state index >= 15 is 0 Å². The molecular weight excluding hydrogens is 370 g/mol. The van der Waals surface area contributed by atoms with Crippen LogP contribution in [0, 0.1) is 17.0 Å². The number of hydrogen-bond donors (Lipinski definition) is 2. The summed E-state index contributed by atoms with van der Waals surface area (Å²) < 4.78 is 27.1. The summed E-state index contributed by atoms with van der Waals surface area (Å²) in [6.45, 7) is 3.79. The van der Waals surface area contributed by atoms with E-state index in [1.165, 1.54) is 43.3 Å². The Kier molecular flexibility index (Phi) is 6.65. The van der Waals surface area contributed by atoms with Crippen LogP contribution in [-0.2, 0) is 10.0 Å². The molecule has 2 aromatic carbocycles. The van der Waals surface area contributed by atoms with Gasteiger partial charge in [-0.2, -0.15) is 0 Å². The zero-order chi connectivity index (χ0) is 20.0. The summed E-state index contributed by atoms with van der Waals surface area (Å²) in [6.07, 6.45) is 1.59. The molecule has 0 fully saturated rings. The van der Waals surface area contributed by atoms with Crippen LogP contribution in [0.2, 0.25) is 0 Å². The van der Waals surface area contributed by atoms with Crippen LogP contribution in [0.5, 0.6) is 0 Å². The zero-order valence-corrected chi connectivity index (χ0v) is 15.9.